The smallest absolute Gasteiger partial charge is 0.192 e. The lowest BCUT2D eigenvalue weighted by Gasteiger charge is -2.26. The van der Waals surface area contributed by atoms with E-state index in [1.165, 1.54) is 0 Å². The first kappa shape index (κ1) is 9.87. The predicted molar refractivity (Wildman–Crippen MR) is 58.9 cm³/mol. The third-order valence-corrected chi connectivity index (χ3v) is 3.98. The largest absolute Gasteiger partial charge is 0.308 e. The molecule has 14 heavy (non-hydrogen) atoms. The quantitative estimate of drug-likeness (QED) is 0.775. The van der Waals surface area contributed by atoms with Crippen molar-refractivity contribution in [2.75, 3.05) is 7.05 Å². The van der Waals surface area contributed by atoms with Gasteiger partial charge in [-0.1, -0.05) is 18.9 Å². The van der Waals surface area contributed by atoms with Gasteiger partial charge in [0, 0.05) is 0 Å². The van der Waals surface area contributed by atoms with E-state index >= 15 is 0 Å². The van der Waals surface area contributed by atoms with Crippen LogP contribution in [0.15, 0.2) is 17.5 Å². The van der Waals surface area contributed by atoms with Crippen LogP contribution in [-0.2, 0) is 0 Å². The van der Waals surface area contributed by atoms with Gasteiger partial charge in [-0.05, 0) is 31.3 Å². The van der Waals surface area contributed by atoms with Crippen molar-refractivity contribution in [2.24, 2.45) is 0 Å². The summed E-state index contributed by atoms with van der Waals surface area (Å²) in [6.45, 7) is 0. The van der Waals surface area contributed by atoms with Gasteiger partial charge in [-0.2, -0.15) is 0 Å². The molecule has 1 aliphatic rings. The lowest BCUT2D eigenvalue weighted by Crippen LogP contribution is -2.47. The maximum Gasteiger partial charge on any atom is 0.192 e. The molecule has 1 saturated carbocycles. The summed E-state index contributed by atoms with van der Waals surface area (Å²) < 4.78 is 0. The molecule has 0 aromatic carbocycles. The van der Waals surface area contributed by atoms with Gasteiger partial charge in [-0.3, -0.25) is 4.79 Å². The molecule has 0 radical (unpaired) electrons. The fourth-order valence-electron chi connectivity index (χ4n) is 2.21. The van der Waals surface area contributed by atoms with E-state index in [9.17, 15) is 4.79 Å². The second kappa shape index (κ2) is 3.83. The Morgan fingerprint density at radius 3 is 2.71 bits per heavy atom. The van der Waals surface area contributed by atoms with Crippen LogP contribution in [0.4, 0.5) is 0 Å². The highest BCUT2D eigenvalue weighted by atomic mass is 32.1. The number of hydrogen-bond donors (Lipinski definition) is 1. The monoisotopic (exact) mass is 209 g/mol. The van der Waals surface area contributed by atoms with E-state index in [0.29, 0.717) is 0 Å². The number of carbonyl (C=O) groups excluding carboxylic acids is 1. The SMILES string of the molecule is CNC1(C(=O)c2cccs2)CCCC1. The topological polar surface area (TPSA) is 29.1 Å². The molecular formula is C11H15NOS. The van der Waals surface area contributed by atoms with Crippen LogP contribution in [0.5, 0.6) is 0 Å². The molecule has 1 heterocycles. The number of ketones is 1. The molecule has 0 saturated heterocycles. The van der Waals surface area contributed by atoms with Crippen molar-refractivity contribution in [1.29, 1.82) is 0 Å². The van der Waals surface area contributed by atoms with Crippen LogP contribution in [-0.4, -0.2) is 18.4 Å². The molecule has 1 aromatic rings. The number of nitrogens with one attached hydrogen (secondary N) is 1. The van der Waals surface area contributed by atoms with Crippen molar-refractivity contribution in [3.8, 4) is 0 Å². The van der Waals surface area contributed by atoms with E-state index in [-0.39, 0.29) is 11.3 Å². The first-order valence-corrected chi connectivity index (χ1v) is 5.94. The molecule has 0 unspecified atom stereocenters. The van der Waals surface area contributed by atoms with Gasteiger partial charge in [0.2, 0.25) is 0 Å². The molecule has 3 heteroatoms. The molecular weight excluding hydrogens is 194 g/mol. The van der Waals surface area contributed by atoms with Gasteiger partial charge in [-0.25, -0.2) is 0 Å². The van der Waals surface area contributed by atoms with Crippen molar-refractivity contribution < 1.29 is 4.79 Å². The minimum absolute atomic E-state index is 0.259. The van der Waals surface area contributed by atoms with E-state index in [4.69, 9.17) is 0 Å². The lowest BCUT2D eigenvalue weighted by molar-refractivity contribution is 0.0867. The van der Waals surface area contributed by atoms with Crippen molar-refractivity contribution in [3.05, 3.63) is 22.4 Å². The summed E-state index contributed by atoms with van der Waals surface area (Å²) in [5, 5.41) is 5.19. The molecule has 76 valence electrons. The molecule has 2 nitrogen and oxygen atoms in total. The highest BCUT2D eigenvalue weighted by Crippen LogP contribution is 2.33. The molecule has 1 aliphatic carbocycles. The Kier molecular flexibility index (Phi) is 2.70. The van der Waals surface area contributed by atoms with Gasteiger partial charge >= 0.3 is 0 Å². The molecule has 0 atom stereocenters. The van der Waals surface area contributed by atoms with Gasteiger partial charge < -0.3 is 5.32 Å². The average molecular weight is 209 g/mol. The second-order valence-corrected chi connectivity index (χ2v) is 4.79. The van der Waals surface area contributed by atoms with Gasteiger partial charge in [0.15, 0.2) is 5.78 Å². The summed E-state index contributed by atoms with van der Waals surface area (Å²) >= 11 is 1.54. The minimum Gasteiger partial charge on any atom is -0.308 e. The number of Topliss-reactive ketones (excluding diaryl/α,β-unsaturated/α-hetero) is 1. The molecule has 0 bridgehead atoms. The van der Waals surface area contributed by atoms with Crippen LogP contribution in [0.2, 0.25) is 0 Å². The Balaban J connectivity index is 2.24. The fourth-order valence-corrected chi connectivity index (χ4v) is 2.98. The summed E-state index contributed by atoms with van der Waals surface area (Å²) in [6.07, 6.45) is 4.30. The van der Waals surface area contributed by atoms with Gasteiger partial charge in [0.1, 0.15) is 0 Å². The van der Waals surface area contributed by atoms with Crippen LogP contribution in [0, 0.1) is 0 Å². The van der Waals surface area contributed by atoms with Crippen LogP contribution < -0.4 is 5.32 Å². The molecule has 0 amide bonds. The lowest BCUT2D eigenvalue weighted by atomic mass is 9.91. The van der Waals surface area contributed by atoms with Crippen LogP contribution in [0.3, 0.4) is 0 Å². The summed E-state index contributed by atoms with van der Waals surface area (Å²) in [6, 6.07) is 3.86. The average Bonchev–Trinajstić information content (AvgIpc) is 2.89. The summed E-state index contributed by atoms with van der Waals surface area (Å²) in [7, 11) is 1.90. The third-order valence-electron chi connectivity index (χ3n) is 3.12. The van der Waals surface area contributed by atoms with E-state index in [1.54, 1.807) is 11.3 Å². The van der Waals surface area contributed by atoms with Gasteiger partial charge in [-0.15, -0.1) is 11.3 Å². The maximum absolute atomic E-state index is 12.2. The first-order valence-electron chi connectivity index (χ1n) is 5.06. The molecule has 1 aromatic heterocycles. The van der Waals surface area contributed by atoms with Crippen molar-refractivity contribution in [3.63, 3.8) is 0 Å². The van der Waals surface area contributed by atoms with Crippen molar-refractivity contribution >= 4 is 17.1 Å². The van der Waals surface area contributed by atoms with Crippen LogP contribution in [0.1, 0.15) is 35.4 Å². The number of likely N-dealkylation sites (N-methyl/N-ethyl adjacent to an activating group) is 1. The Hall–Kier alpha value is -0.670. The zero-order chi connectivity index (χ0) is 10.0. The molecule has 0 aliphatic heterocycles. The third kappa shape index (κ3) is 1.51. The van der Waals surface area contributed by atoms with Crippen LogP contribution >= 0.6 is 11.3 Å². The maximum atomic E-state index is 12.2. The standard InChI is InChI=1S/C11H15NOS/c1-12-11(6-2-3-7-11)10(13)9-5-4-8-14-9/h4-5,8,12H,2-3,6-7H2,1H3. The van der Waals surface area contributed by atoms with Gasteiger partial charge in [0.05, 0.1) is 10.4 Å². The molecule has 0 spiro atoms. The zero-order valence-electron chi connectivity index (χ0n) is 8.38. The van der Waals surface area contributed by atoms with E-state index in [2.05, 4.69) is 5.32 Å². The summed E-state index contributed by atoms with van der Waals surface area (Å²) in [5.74, 6) is 0.285. The predicted octanol–water partition coefficient (Wildman–Crippen LogP) is 2.46. The number of rotatable bonds is 3. The number of thiophene rings is 1. The fraction of sp³-hybridized carbons (Fsp3) is 0.545. The normalized spacial score (nSPS) is 19.8. The zero-order valence-corrected chi connectivity index (χ0v) is 9.19. The summed E-state index contributed by atoms with van der Waals surface area (Å²) in [5.41, 5.74) is -0.259. The van der Waals surface area contributed by atoms with E-state index < -0.39 is 0 Å². The molecule has 1 N–H and O–H groups in total. The molecule has 1 fully saturated rings. The second-order valence-electron chi connectivity index (χ2n) is 3.85. The Morgan fingerprint density at radius 1 is 1.50 bits per heavy atom. The van der Waals surface area contributed by atoms with E-state index in [1.807, 2.05) is 24.6 Å². The Bertz CT molecular complexity index is 312. The van der Waals surface area contributed by atoms with Gasteiger partial charge in [0.25, 0.3) is 0 Å². The number of carbonyl (C=O) groups is 1. The highest BCUT2D eigenvalue weighted by molar-refractivity contribution is 7.12. The Morgan fingerprint density at radius 2 is 2.21 bits per heavy atom. The first-order chi connectivity index (χ1) is 6.78. The van der Waals surface area contributed by atoms with Crippen LogP contribution in [0.25, 0.3) is 0 Å². The molecule has 2 rings (SSSR count). The Labute approximate surface area is 88.3 Å². The minimum atomic E-state index is -0.259. The highest BCUT2D eigenvalue weighted by Gasteiger charge is 2.40. The van der Waals surface area contributed by atoms with Crippen molar-refractivity contribution in [2.45, 2.75) is 31.2 Å². The summed E-state index contributed by atoms with van der Waals surface area (Å²) in [4.78, 5) is 13.1. The van der Waals surface area contributed by atoms with Crippen molar-refractivity contribution in [1.82, 2.24) is 5.32 Å². The van der Waals surface area contributed by atoms with E-state index in [0.717, 1.165) is 30.6 Å². The number of hydrogen-bond acceptors (Lipinski definition) is 3.